The van der Waals surface area contributed by atoms with Crippen molar-refractivity contribution < 1.29 is 9.59 Å². The fourth-order valence-corrected chi connectivity index (χ4v) is 2.36. The molecule has 0 saturated heterocycles. The summed E-state index contributed by atoms with van der Waals surface area (Å²) in [6.07, 6.45) is -0.0423. The number of hydrogen-bond acceptors (Lipinski definition) is 2. The Morgan fingerprint density at radius 3 is 2.05 bits per heavy atom. The van der Waals surface area contributed by atoms with Crippen LogP contribution in [0.4, 0.5) is 0 Å². The van der Waals surface area contributed by atoms with Crippen LogP contribution in [0.1, 0.15) is 15.9 Å². The first-order valence-electron chi connectivity index (χ1n) is 6.25. The van der Waals surface area contributed by atoms with Crippen molar-refractivity contribution in [2.45, 2.75) is 6.42 Å². The quantitative estimate of drug-likeness (QED) is 0.824. The lowest BCUT2D eigenvalue weighted by Gasteiger charge is -2.09. The molecule has 0 aromatic heterocycles. The third-order valence-corrected chi connectivity index (χ3v) is 3.78. The van der Waals surface area contributed by atoms with Crippen LogP contribution < -0.4 is 10.9 Å². The third-order valence-electron chi connectivity index (χ3n) is 2.82. The van der Waals surface area contributed by atoms with Crippen LogP contribution in [0, 0.1) is 0 Å². The van der Waals surface area contributed by atoms with Crippen LogP contribution >= 0.6 is 34.8 Å². The van der Waals surface area contributed by atoms with Gasteiger partial charge in [0.05, 0.1) is 6.42 Å². The Balaban J connectivity index is 1.93. The summed E-state index contributed by atoms with van der Waals surface area (Å²) in [7, 11) is 0. The predicted octanol–water partition coefficient (Wildman–Crippen LogP) is 3.65. The van der Waals surface area contributed by atoms with Crippen LogP contribution in [0.2, 0.25) is 15.1 Å². The molecular formula is C15H11Cl3N2O2. The van der Waals surface area contributed by atoms with Crippen LogP contribution in [-0.2, 0) is 11.2 Å². The minimum Gasteiger partial charge on any atom is -0.273 e. The van der Waals surface area contributed by atoms with E-state index < -0.39 is 11.8 Å². The largest absolute Gasteiger partial charge is 0.273 e. The number of rotatable bonds is 3. The van der Waals surface area contributed by atoms with Gasteiger partial charge in [0.15, 0.2) is 0 Å². The van der Waals surface area contributed by atoms with Gasteiger partial charge < -0.3 is 0 Å². The average molecular weight is 358 g/mol. The first-order chi connectivity index (χ1) is 10.5. The highest BCUT2D eigenvalue weighted by molar-refractivity contribution is 6.36. The molecular weight excluding hydrogens is 347 g/mol. The van der Waals surface area contributed by atoms with Crippen molar-refractivity contribution >= 4 is 46.6 Å². The maximum absolute atomic E-state index is 11.8. The molecule has 0 heterocycles. The lowest BCUT2D eigenvalue weighted by molar-refractivity contribution is -0.121. The SMILES string of the molecule is O=C(Cc1c(Cl)cccc1Cl)NNC(=O)c1ccc(Cl)cc1. The van der Waals surface area contributed by atoms with E-state index in [1.165, 1.54) is 0 Å². The molecule has 0 aliphatic heterocycles. The van der Waals surface area contributed by atoms with Crippen LogP contribution in [0.15, 0.2) is 42.5 Å². The van der Waals surface area contributed by atoms with Gasteiger partial charge in [0.1, 0.15) is 0 Å². The van der Waals surface area contributed by atoms with E-state index in [2.05, 4.69) is 10.9 Å². The van der Waals surface area contributed by atoms with Gasteiger partial charge in [0, 0.05) is 20.6 Å². The summed E-state index contributed by atoms with van der Waals surface area (Å²) >= 11 is 17.7. The Morgan fingerprint density at radius 2 is 1.45 bits per heavy atom. The molecule has 0 aliphatic rings. The van der Waals surface area contributed by atoms with Crippen LogP contribution in [0.25, 0.3) is 0 Å². The zero-order valence-corrected chi connectivity index (χ0v) is 13.5. The van der Waals surface area contributed by atoms with E-state index in [0.717, 1.165) is 0 Å². The number of carbonyl (C=O) groups excluding carboxylic acids is 2. The van der Waals surface area contributed by atoms with Gasteiger partial charge in [0.25, 0.3) is 5.91 Å². The van der Waals surface area contributed by atoms with E-state index in [1.54, 1.807) is 42.5 Å². The fraction of sp³-hybridized carbons (Fsp3) is 0.0667. The highest BCUT2D eigenvalue weighted by atomic mass is 35.5. The van der Waals surface area contributed by atoms with Gasteiger partial charge in [0.2, 0.25) is 5.91 Å². The number of halogens is 3. The molecule has 2 aromatic rings. The Hall–Kier alpha value is -1.75. The van der Waals surface area contributed by atoms with E-state index in [0.29, 0.717) is 26.2 Å². The summed E-state index contributed by atoms with van der Waals surface area (Å²) in [4.78, 5) is 23.7. The average Bonchev–Trinajstić information content (AvgIpc) is 2.49. The number of hydrogen-bond donors (Lipinski definition) is 2. The van der Waals surface area contributed by atoms with E-state index in [1.807, 2.05) is 0 Å². The van der Waals surface area contributed by atoms with Crippen molar-refractivity contribution in [3.8, 4) is 0 Å². The second kappa shape index (κ2) is 7.49. The smallest absolute Gasteiger partial charge is 0.269 e. The third kappa shape index (κ3) is 4.37. The molecule has 7 heteroatoms. The number of amides is 2. The van der Waals surface area contributed by atoms with Crippen LogP contribution in [0.5, 0.6) is 0 Å². The second-order valence-electron chi connectivity index (χ2n) is 4.39. The van der Waals surface area contributed by atoms with E-state index in [-0.39, 0.29) is 6.42 Å². The Labute approximate surface area is 142 Å². The lowest BCUT2D eigenvalue weighted by atomic mass is 10.1. The lowest BCUT2D eigenvalue weighted by Crippen LogP contribution is -2.42. The molecule has 0 aliphatic carbocycles. The van der Waals surface area contributed by atoms with Gasteiger partial charge in [-0.1, -0.05) is 40.9 Å². The minimum absolute atomic E-state index is 0.0423. The highest BCUT2D eigenvalue weighted by Gasteiger charge is 2.12. The Morgan fingerprint density at radius 1 is 0.864 bits per heavy atom. The summed E-state index contributed by atoms with van der Waals surface area (Å²) in [5.74, 6) is -0.882. The van der Waals surface area contributed by atoms with Crippen molar-refractivity contribution in [1.29, 1.82) is 0 Å². The molecule has 0 unspecified atom stereocenters. The van der Waals surface area contributed by atoms with E-state index in [4.69, 9.17) is 34.8 Å². The van der Waals surface area contributed by atoms with Gasteiger partial charge in [-0.3, -0.25) is 20.4 Å². The first kappa shape index (κ1) is 16.6. The van der Waals surface area contributed by atoms with Gasteiger partial charge >= 0.3 is 0 Å². The number of hydrazine groups is 1. The second-order valence-corrected chi connectivity index (χ2v) is 5.64. The summed E-state index contributed by atoms with van der Waals surface area (Å²) in [6.45, 7) is 0. The molecule has 0 atom stereocenters. The maximum Gasteiger partial charge on any atom is 0.269 e. The minimum atomic E-state index is -0.449. The zero-order valence-electron chi connectivity index (χ0n) is 11.2. The van der Waals surface area contributed by atoms with Gasteiger partial charge in [-0.2, -0.15) is 0 Å². The van der Waals surface area contributed by atoms with Crippen molar-refractivity contribution in [2.75, 3.05) is 0 Å². The highest BCUT2D eigenvalue weighted by Crippen LogP contribution is 2.24. The standard InChI is InChI=1S/C15H11Cl3N2O2/c16-10-6-4-9(5-7-10)15(22)20-19-14(21)8-11-12(17)2-1-3-13(11)18/h1-7H,8H2,(H,19,21)(H,20,22). The maximum atomic E-state index is 11.8. The summed E-state index contributed by atoms with van der Waals surface area (Å²) in [5, 5.41) is 1.31. The number of benzene rings is 2. The van der Waals surface area contributed by atoms with E-state index >= 15 is 0 Å². The molecule has 0 saturated carbocycles. The Kier molecular flexibility index (Phi) is 5.66. The summed E-state index contributed by atoms with van der Waals surface area (Å²) < 4.78 is 0. The van der Waals surface area contributed by atoms with Crippen LogP contribution in [-0.4, -0.2) is 11.8 Å². The normalized spacial score (nSPS) is 10.1. The molecule has 114 valence electrons. The molecule has 0 radical (unpaired) electrons. The van der Waals surface area contributed by atoms with Crippen molar-refractivity contribution in [1.82, 2.24) is 10.9 Å². The summed E-state index contributed by atoms with van der Waals surface area (Å²) in [5.41, 5.74) is 5.50. The molecule has 4 nitrogen and oxygen atoms in total. The molecule has 2 N–H and O–H groups in total. The zero-order chi connectivity index (χ0) is 16.1. The van der Waals surface area contributed by atoms with Gasteiger partial charge in [-0.15, -0.1) is 0 Å². The number of carbonyl (C=O) groups is 2. The molecule has 2 aromatic carbocycles. The summed E-state index contributed by atoms with van der Waals surface area (Å²) in [6, 6.07) is 11.2. The Bertz CT molecular complexity index is 682. The monoisotopic (exact) mass is 356 g/mol. The predicted molar refractivity (Wildman–Crippen MR) is 87.2 cm³/mol. The molecule has 2 amide bonds. The topological polar surface area (TPSA) is 58.2 Å². The van der Waals surface area contributed by atoms with Crippen molar-refractivity contribution in [2.24, 2.45) is 0 Å². The van der Waals surface area contributed by atoms with E-state index in [9.17, 15) is 9.59 Å². The molecule has 2 rings (SSSR count). The van der Waals surface area contributed by atoms with Crippen LogP contribution in [0.3, 0.4) is 0 Å². The van der Waals surface area contributed by atoms with Crippen molar-refractivity contribution in [3.63, 3.8) is 0 Å². The molecule has 22 heavy (non-hydrogen) atoms. The van der Waals surface area contributed by atoms with Crippen molar-refractivity contribution in [3.05, 3.63) is 68.7 Å². The fourth-order valence-electron chi connectivity index (χ4n) is 1.71. The van der Waals surface area contributed by atoms with Gasteiger partial charge in [-0.05, 0) is 42.0 Å². The molecule has 0 spiro atoms. The number of nitrogens with one attached hydrogen (secondary N) is 2. The van der Waals surface area contributed by atoms with Gasteiger partial charge in [-0.25, -0.2) is 0 Å². The first-order valence-corrected chi connectivity index (χ1v) is 7.38. The molecule has 0 fully saturated rings. The molecule has 0 bridgehead atoms.